The molecule has 0 atom stereocenters. The monoisotopic (exact) mass is 233 g/mol. The van der Waals surface area contributed by atoms with Crippen molar-refractivity contribution in [1.29, 1.82) is 0 Å². The molecule has 4 N–H and O–H groups in total. The van der Waals surface area contributed by atoms with Crippen LogP contribution in [0.3, 0.4) is 0 Å². The van der Waals surface area contributed by atoms with Gasteiger partial charge in [0.1, 0.15) is 5.69 Å². The van der Waals surface area contributed by atoms with Gasteiger partial charge in [0.15, 0.2) is 0 Å². The minimum Gasteiger partial charge on any atom is -0.397 e. The number of nitrogen functional groups attached to an aromatic ring is 1. The summed E-state index contributed by atoms with van der Waals surface area (Å²) in [5.74, 6) is 0.190. The van der Waals surface area contributed by atoms with Crippen LogP contribution in [0.4, 0.5) is 11.6 Å². The number of nitrogens with two attached hydrogens (primary N) is 1. The summed E-state index contributed by atoms with van der Waals surface area (Å²) in [5, 5.41) is 2.66. The molecule has 0 fully saturated rings. The number of carbonyl (C=O) groups is 1. The van der Waals surface area contributed by atoms with Crippen molar-refractivity contribution >= 4 is 17.5 Å². The number of anilines is 2. The maximum atomic E-state index is 12.0. The van der Waals surface area contributed by atoms with Crippen LogP contribution in [0, 0.1) is 0 Å². The molecule has 0 aromatic carbocycles. The molecule has 2 rings (SSSR count). The number of nitrogens with zero attached hydrogens (tertiary/aromatic N) is 2. The highest BCUT2D eigenvalue weighted by atomic mass is 16.2. The number of hydrogen-bond donors (Lipinski definition) is 3. The van der Waals surface area contributed by atoms with E-state index in [0.717, 1.165) is 0 Å². The van der Waals surface area contributed by atoms with Crippen molar-refractivity contribution in [2.45, 2.75) is 19.9 Å². The molecule has 0 unspecified atom stereocenters. The third-order valence-corrected chi connectivity index (χ3v) is 2.39. The normalized spacial score (nSPS) is 10.8. The van der Waals surface area contributed by atoms with Crippen molar-refractivity contribution in [3.05, 3.63) is 30.4 Å². The van der Waals surface area contributed by atoms with Crippen LogP contribution in [0.2, 0.25) is 0 Å². The average molecular weight is 233 g/mol. The zero-order valence-electron chi connectivity index (χ0n) is 9.77. The first-order valence-corrected chi connectivity index (χ1v) is 5.36. The highest BCUT2D eigenvalue weighted by Gasteiger charge is 2.15. The lowest BCUT2D eigenvalue weighted by atomic mass is 10.3. The lowest BCUT2D eigenvalue weighted by Gasteiger charge is -2.11. The van der Waals surface area contributed by atoms with E-state index in [2.05, 4.69) is 15.3 Å². The number of amides is 1. The van der Waals surface area contributed by atoms with E-state index < -0.39 is 0 Å². The van der Waals surface area contributed by atoms with Crippen molar-refractivity contribution in [1.82, 2.24) is 14.5 Å². The van der Waals surface area contributed by atoms with Crippen molar-refractivity contribution in [3.8, 4) is 0 Å². The number of aromatic nitrogens is 3. The third kappa shape index (κ3) is 2.30. The van der Waals surface area contributed by atoms with E-state index in [4.69, 9.17) is 5.73 Å². The van der Waals surface area contributed by atoms with Crippen molar-refractivity contribution in [3.63, 3.8) is 0 Å². The van der Waals surface area contributed by atoms with Crippen LogP contribution in [0.1, 0.15) is 30.4 Å². The first-order chi connectivity index (χ1) is 8.08. The van der Waals surface area contributed by atoms with E-state index in [9.17, 15) is 4.79 Å². The summed E-state index contributed by atoms with van der Waals surface area (Å²) in [6, 6.07) is 1.82. The second-order valence-electron chi connectivity index (χ2n) is 4.05. The molecule has 2 aromatic rings. The lowest BCUT2D eigenvalue weighted by molar-refractivity contribution is 0.101. The fourth-order valence-electron chi connectivity index (χ4n) is 1.62. The fourth-order valence-corrected chi connectivity index (χ4v) is 1.62. The molecule has 6 heteroatoms. The quantitative estimate of drug-likeness (QED) is 0.752. The van der Waals surface area contributed by atoms with E-state index in [1.54, 1.807) is 24.7 Å². The number of carbonyl (C=O) groups excluding carboxylic acids is 1. The second-order valence-corrected chi connectivity index (χ2v) is 4.05. The molecule has 0 saturated carbocycles. The number of hydrogen-bond acceptors (Lipinski definition) is 3. The molecule has 1 amide bonds. The summed E-state index contributed by atoms with van der Waals surface area (Å²) < 4.78 is 1.83. The van der Waals surface area contributed by atoms with Gasteiger partial charge < -0.3 is 15.3 Å². The molecule has 0 spiro atoms. The number of nitrogens with one attached hydrogen (secondary N) is 2. The summed E-state index contributed by atoms with van der Waals surface area (Å²) in [6.07, 6.45) is 4.97. The highest BCUT2D eigenvalue weighted by Crippen LogP contribution is 2.17. The molecule has 90 valence electrons. The van der Waals surface area contributed by atoms with Crippen LogP contribution < -0.4 is 11.1 Å². The van der Waals surface area contributed by atoms with E-state index in [1.807, 2.05) is 18.4 Å². The average Bonchev–Trinajstić information content (AvgIpc) is 2.86. The summed E-state index contributed by atoms with van der Waals surface area (Å²) in [4.78, 5) is 18.7. The second kappa shape index (κ2) is 4.32. The Morgan fingerprint density at radius 2 is 2.35 bits per heavy atom. The SMILES string of the molecule is CC(C)n1cc(N)cc1C(=O)Nc1ncc[nH]1. The molecular formula is C11H15N5O. The minimum absolute atomic E-state index is 0.171. The zero-order valence-corrected chi connectivity index (χ0v) is 9.77. The van der Waals surface area contributed by atoms with Gasteiger partial charge in [0, 0.05) is 24.6 Å². The lowest BCUT2D eigenvalue weighted by Crippen LogP contribution is -2.18. The molecule has 0 aliphatic carbocycles. The van der Waals surface area contributed by atoms with Crippen LogP contribution in [0.25, 0.3) is 0 Å². The Morgan fingerprint density at radius 3 is 2.94 bits per heavy atom. The Bertz CT molecular complexity index is 512. The van der Waals surface area contributed by atoms with Crippen molar-refractivity contribution in [2.75, 3.05) is 11.1 Å². The standard InChI is InChI=1S/C11H15N5O/c1-7(2)16-6-8(12)5-9(16)10(17)15-11-13-3-4-14-11/h3-7H,12H2,1-2H3,(H2,13,14,15,17). The van der Waals surface area contributed by atoms with Crippen LogP contribution in [-0.2, 0) is 0 Å². The maximum absolute atomic E-state index is 12.0. The van der Waals surface area contributed by atoms with E-state index in [0.29, 0.717) is 17.3 Å². The van der Waals surface area contributed by atoms with Gasteiger partial charge in [0.2, 0.25) is 5.95 Å². The predicted octanol–water partition coefficient (Wildman–Crippen LogP) is 1.63. The summed E-state index contributed by atoms with van der Waals surface area (Å²) in [7, 11) is 0. The largest absolute Gasteiger partial charge is 0.397 e. The van der Waals surface area contributed by atoms with Crippen LogP contribution >= 0.6 is 0 Å². The predicted molar refractivity (Wildman–Crippen MR) is 65.8 cm³/mol. The van der Waals surface area contributed by atoms with Gasteiger partial charge in [-0.1, -0.05) is 0 Å². The van der Waals surface area contributed by atoms with Gasteiger partial charge in [-0.15, -0.1) is 0 Å². The zero-order chi connectivity index (χ0) is 12.4. The number of aromatic amines is 1. The summed E-state index contributed by atoms with van der Waals surface area (Å²) in [6.45, 7) is 3.98. The molecule has 17 heavy (non-hydrogen) atoms. The van der Waals surface area contributed by atoms with Gasteiger partial charge in [-0.2, -0.15) is 0 Å². The van der Waals surface area contributed by atoms with E-state index >= 15 is 0 Å². The molecule has 2 aromatic heterocycles. The summed E-state index contributed by atoms with van der Waals surface area (Å²) >= 11 is 0. The molecular weight excluding hydrogens is 218 g/mol. The minimum atomic E-state index is -0.231. The van der Waals surface area contributed by atoms with Crippen molar-refractivity contribution in [2.24, 2.45) is 0 Å². The molecule has 0 aliphatic heterocycles. The molecule has 6 nitrogen and oxygen atoms in total. The Hall–Kier alpha value is -2.24. The van der Waals surface area contributed by atoms with Gasteiger partial charge >= 0.3 is 0 Å². The third-order valence-electron chi connectivity index (χ3n) is 2.39. The Kier molecular flexibility index (Phi) is 2.86. The topological polar surface area (TPSA) is 88.7 Å². The number of imidazole rings is 1. The molecule has 2 heterocycles. The van der Waals surface area contributed by atoms with E-state index in [-0.39, 0.29) is 11.9 Å². The first kappa shape index (κ1) is 11.3. The Morgan fingerprint density at radius 1 is 1.59 bits per heavy atom. The number of rotatable bonds is 3. The first-order valence-electron chi connectivity index (χ1n) is 5.36. The van der Waals surface area contributed by atoms with E-state index in [1.165, 1.54) is 0 Å². The molecule has 0 saturated heterocycles. The van der Waals surface area contributed by atoms with Crippen LogP contribution in [-0.4, -0.2) is 20.4 Å². The van der Waals surface area contributed by atoms with Crippen LogP contribution in [0.5, 0.6) is 0 Å². The maximum Gasteiger partial charge on any atom is 0.274 e. The van der Waals surface area contributed by atoms with Crippen LogP contribution in [0.15, 0.2) is 24.7 Å². The number of H-pyrrole nitrogens is 1. The van der Waals surface area contributed by atoms with Gasteiger partial charge in [0.05, 0.1) is 5.69 Å². The molecule has 0 radical (unpaired) electrons. The van der Waals surface area contributed by atoms with Gasteiger partial charge in [-0.3, -0.25) is 10.1 Å². The fraction of sp³-hybridized carbons (Fsp3) is 0.273. The van der Waals surface area contributed by atoms with Crippen molar-refractivity contribution < 1.29 is 4.79 Å². The van der Waals surface area contributed by atoms with Gasteiger partial charge in [0.25, 0.3) is 5.91 Å². The Balaban J connectivity index is 2.24. The molecule has 0 aliphatic rings. The summed E-state index contributed by atoms with van der Waals surface area (Å²) in [5.41, 5.74) is 6.80. The smallest absolute Gasteiger partial charge is 0.274 e. The van der Waals surface area contributed by atoms with Gasteiger partial charge in [-0.25, -0.2) is 4.98 Å². The Labute approximate surface area is 98.8 Å². The van der Waals surface area contributed by atoms with Gasteiger partial charge in [-0.05, 0) is 19.9 Å². The highest BCUT2D eigenvalue weighted by molar-refractivity contribution is 6.02. The molecule has 0 bridgehead atoms.